The summed E-state index contributed by atoms with van der Waals surface area (Å²) in [7, 11) is -0.624. The summed E-state index contributed by atoms with van der Waals surface area (Å²) in [5.41, 5.74) is 0.922. The second-order valence-corrected chi connectivity index (χ2v) is 6.93. The third-order valence-corrected chi connectivity index (χ3v) is 5.04. The number of benzene rings is 2. The van der Waals surface area contributed by atoms with Crippen LogP contribution in [-0.2, 0) is 16.4 Å². The molecule has 2 aromatic rings. The molecule has 0 aliphatic carbocycles. The third kappa shape index (κ3) is 4.71. The number of nitrogens with one attached hydrogen (secondary N) is 1. The predicted octanol–water partition coefficient (Wildman–Crippen LogP) is 1.92. The van der Waals surface area contributed by atoms with Gasteiger partial charge in [0, 0.05) is 6.54 Å². The lowest BCUT2D eigenvalue weighted by atomic mass is 10.1. The van der Waals surface area contributed by atoms with E-state index in [0.717, 1.165) is 5.56 Å². The molecule has 0 spiro atoms. The zero-order valence-corrected chi connectivity index (χ0v) is 14.7. The molecule has 0 fully saturated rings. The van der Waals surface area contributed by atoms with E-state index in [2.05, 4.69) is 4.72 Å². The molecule has 0 bridgehead atoms. The van der Waals surface area contributed by atoms with E-state index in [-0.39, 0.29) is 17.0 Å². The zero-order valence-electron chi connectivity index (χ0n) is 13.9. The van der Waals surface area contributed by atoms with Crippen LogP contribution in [0.3, 0.4) is 0 Å². The first-order valence-electron chi connectivity index (χ1n) is 7.41. The molecule has 0 unspecified atom stereocenters. The Bertz CT molecular complexity index is 846. The average Bonchev–Trinajstić information content (AvgIpc) is 2.61. The molecular formula is C17H19NO6S. The van der Waals surface area contributed by atoms with Crippen molar-refractivity contribution >= 4 is 16.0 Å². The number of carboxylic acids is 1. The highest BCUT2D eigenvalue weighted by Crippen LogP contribution is 2.27. The van der Waals surface area contributed by atoms with E-state index in [1.807, 2.05) is 6.07 Å². The minimum atomic E-state index is -3.70. The molecule has 2 rings (SSSR count). The molecule has 0 radical (unpaired) electrons. The summed E-state index contributed by atoms with van der Waals surface area (Å²) in [5, 5.41) is 8.84. The van der Waals surface area contributed by atoms with Gasteiger partial charge in [-0.25, -0.2) is 17.9 Å². The van der Waals surface area contributed by atoms with Gasteiger partial charge < -0.3 is 14.6 Å². The highest BCUT2D eigenvalue weighted by atomic mass is 32.2. The Morgan fingerprint density at radius 3 is 2.24 bits per heavy atom. The molecule has 0 heterocycles. The number of aromatic carboxylic acids is 1. The monoisotopic (exact) mass is 365 g/mol. The van der Waals surface area contributed by atoms with Crippen LogP contribution >= 0.6 is 0 Å². The Hall–Kier alpha value is -2.58. The van der Waals surface area contributed by atoms with E-state index in [1.54, 1.807) is 19.2 Å². The normalized spacial score (nSPS) is 11.1. The molecule has 2 N–H and O–H groups in total. The highest BCUT2D eigenvalue weighted by Gasteiger charge is 2.14. The number of carboxylic acid groups (broad SMARTS) is 1. The first-order chi connectivity index (χ1) is 11.9. The fourth-order valence-electron chi connectivity index (χ4n) is 2.23. The van der Waals surface area contributed by atoms with Gasteiger partial charge in [0.15, 0.2) is 11.5 Å². The molecular weight excluding hydrogens is 346 g/mol. The maximum absolute atomic E-state index is 12.2. The van der Waals surface area contributed by atoms with Crippen molar-refractivity contribution in [3.05, 3.63) is 53.6 Å². The first kappa shape index (κ1) is 18.8. The van der Waals surface area contributed by atoms with E-state index in [1.165, 1.54) is 31.4 Å². The SMILES string of the molecule is COc1ccc(CCNS(=O)(=O)c2ccc(C(=O)O)cc2)cc1OC. The minimum Gasteiger partial charge on any atom is -0.493 e. The average molecular weight is 365 g/mol. The lowest BCUT2D eigenvalue weighted by Crippen LogP contribution is -2.26. The molecule has 0 atom stereocenters. The van der Waals surface area contributed by atoms with Crippen molar-refractivity contribution in [2.45, 2.75) is 11.3 Å². The summed E-state index contributed by atoms with van der Waals surface area (Å²) in [6.45, 7) is 0.193. The maximum Gasteiger partial charge on any atom is 0.335 e. The van der Waals surface area contributed by atoms with Crippen LogP contribution in [0.25, 0.3) is 0 Å². The zero-order chi connectivity index (χ0) is 18.4. The molecule has 0 saturated carbocycles. The van der Waals surface area contributed by atoms with E-state index in [0.29, 0.717) is 17.9 Å². The van der Waals surface area contributed by atoms with Gasteiger partial charge in [-0.15, -0.1) is 0 Å². The number of carbonyl (C=O) groups is 1. The number of methoxy groups -OCH3 is 2. The Balaban J connectivity index is 2.01. The molecule has 0 aromatic heterocycles. The van der Waals surface area contributed by atoms with Crippen LogP contribution in [-0.4, -0.2) is 40.3 Å². The summed E-state index contributed by atoms with van der Waals surface area (Å²) in [4.78, 5) is 10.8. The lowest BCUT2D eigenvalue weighted by molar-refractivity contribution is 0.0696. The predicted molar refractivity (Wildman–Crippen MR) is 91.8 cm³/mol. The number of hydrogen-bond donors (Lipinski definition) is 2. The number of sulfonamides is 1. The minimum absolute atomic E-state index is 0.0183. The molecule has 0 amide bonds. The van der Waals surface area contributed by atoms with Gasteiger partial charge in [0.2, 0.25) is 10.0 Å². The summed E-state index contributed by atoms with van der Waals surface area (Å²) in [6.07, 6.45) is 0.465. The Labute approximate surface area is 146 Å². The van der Waals surface area contributed by atoms with Gasteiger partial charge in [0.1, 0.15) is 0 Å². The largest absolute Gasteiger partial charge is 0.493 e. The Kier molecular flexibility index (Phi) is 6.00. The molecule has 8 heteroatoms. The maximum atomic E-state index is 12.2. The second kappa shape index (κ2) is 8.00. The standard InChI is InChI=1S/C17H19NO6S/c1-23-15-8-3-12(11-16(15)24-2)9-10-18-25(21,22)14-6-4-13(5-7-14)17(19)20/h3-8,11,18H,9-10H2,1-2H3,(H,19,20). The summed E-state index contributed by atoms with van der Waals surface area (Å²) in [5.74, 6) is 0.0721. The van der Waals surface area contributed by atoms with Crippen LogP contribution in [0.1, 0.15) is 15.9 Å². The van der Waals surface area contributed by atoms with Crippen molar-refractivity contribution < 1.29 is 27.8 Å². The molecule has 0 saturated heterocycles. The number of rotatable bonds is 8. The van der Waals surface area contributed by atoms with Gasteiger partial charge in [-0.2, -0.15) is 0 Å². The van der Waals surface area contributed by atoms with Crippen molar-refractivity contribution in [2.24, 2.45) is 0 Å². The lowest BCUT2D eigenvalue weighted by Gasteiger charge is -2.10. The fraction of sp³-hybridized carbons (Fsp3) is 0.235. The summed E-state index contributed by atoms with van der Waals surface area (Å²) >= 11 is 0. The van der Waals surface area contributed by atoms with Crippen LogP contribution in [0, 0.1) is 0 Å². The quantitative estimate of drug-likeness (QED) is 0.741. The third-order valence-electron chi connectivity index (χ3n) is 3.57. The van der Waals surface area contributed by atoms with Gasteiger partial charge in [0.05, 0.1) is 24.7 Å². The molecule has 0 aliphatic heterocycles. The van der Waals surface area contributed by atoms with Crippen LogP contribution in [0.4, 0.5) is 0 Å². The Morgan fingerprint density at radius 2 is 1.68 bits per heavy atom. The first-order valence-corrected chi connectivity index (χ1v) is 8.89. The van der Waals surface area contributed by atoms with Crippen molar-refractivity contribution in [1.82, 2.24) is 4.72 Å². The van der Waals surface area contributed by atoms with Gasteiger partial charge in [-0.3, -0.25) is 0 Å². The van der Waals surface area contributed by atoms with Gasteiger partial charge >= 0.3 is 5.97 Å². The molecule has 2 aromatic carbocycles. The van der Waals surface area contributed by atoms with Gasteiger partial charge in [-0.1, -0.05) is 6.07 Å². The van der Waals surface area contributed by atoms with Crippen LogP contribution in [0.2, 0.25) is 0 Å². The van der Waals surface area contributed by atoms with Crippen LogP contribution in [0.15, 0.2) is 47.4 Å². The van der Waals surface area contributed by atoms with E-state index >= 15 is 0 Å². The number of hydrogen-bond acceptors (Lipinski definition) is 5. The highest BCUT2D eigenvalue weighted by molar-refractivity contribution is 7.89. The van der Waals surface area contributed by atoms with Crippen molar-refractivity contribution in [3.8, 4) is 11.5 Å². The Morgan fingerprint density at radius 1 is 1.04 bits per heavy atom. The fourth-order valence-corrected chi connectivity index (χ4v) is 3.26. The molecule has 134 valence electrons. The smallest absolute Gasteiger partial charge is 0.335 e. The second-order valence-electron chi connectivity index (χ2n) is 5.17. The molecule has 7 nitrogen and oxygen atoms in total. The van der Waals surface area contributed by atoms with E-state index in [4.69, 9.17) is 14.6 Å². The van der Waals surface area contributed by atoms with E-state index < -0.39 is 16.0 Å². The van der Waals surface area contributed by atoms with E-state index in [9.17, 15) is 13.2 Å². The number of ether oxygens (including phenoxy) is 2. The van der Waals surface area contributed by atoms with Crippen LogP contribution in [0.5, 0.6) is 11.5 Å². The van der Waals surface area contributed by atoms with Gasteiger partial charge in [-0.05, 0) is 48.4 Å². The summed E-state index contributed by atoms with van der Waals surface area (Å²) in [6, 6.07) is 10.4. The summed E-state index contributed by atoms with van der Waals surface area (Å²) < 4.78 is 37.3. The van der Waals surface area contributed by atoms with Gasteiger partial charge in [0.25, 0.3) is 0 Å². The topological polar surface area (TPSA) is 102 Å². The van der Waals surface area contributed by atoms with Crippen molar-refractivity contribution in [2.75, 3.05) is 20.8 Å². The van der Waals surface area contributed by atoms with Crippen molar-refractivity contribution in [1.29, 1.82) is 0 Å². The van der Waals surface area contributed by atoms with Crippen molar-refractivity contribution in [3.63, 3.8) is 0 Å². The molecule has 25 heavy (non-hydrogen) atoms. The molecule has 0 aliphatic rings. The van der Waals surface area contributed by atoms with Crippen LogP contribution < -0.4 is 14.2 Å².